The molecule has 0 radical (unpaired) electrons. The summed E-state index contributed by atoms with van der Waals surface area (Å²) in [6.07, 6.45) is 2.71. The second kappa shape index (κ2) is 3.47. The van der Waals surface area contributed by atoms with Gasteiger partial charge in [-0.2, -0.15) is 0 Å². The van der Waals surface area contributed by atoms with Crippen LogP contribution in [-0.4, -0.2) is 29.6 Å². The molecular formula is C7H15NS. The van der Waals surface area contributed by atoms with Gasteiger partial charge < -0.3 is 0 Å². The van der Waals surface area contributed by atoms with Gasteiger partial charge in [0.25, 0.3) is 0 Å². The molecule has 1 atom stereocenters. The second-order valence-corrected chi connectivity index (χ2v) is 3.70. The molecule has 0 aromatic heterocycles. The molecule has 0 N–H and O–H groups in total. The topological polar surface area (TPSA) is 3.24 Å². The monoisotopic (exact) mass is 145 g/mol. The summed E-state index contributed by atoms with van der Waals surface area (Å²) in [7, 11) is 2.22. The molecule has 0 aromatic carbocycles. The molecule has 0 amide bonds. The molecule has 1 rings (SSSR count). The van der Waals surface area contributed by atoms with Crippen LogP contribution >= 0.6 is 11.8 Å². The van der Waals surface area contributed by atoms with Crippen LogP contribution in [0.1, 0.15) is 19.8 Å². The zero-order valence-electron chi connectivity index (χ0n) is 6.26. The number of nitrogens with zero attached hydrogens (tertiary/aromatic N) is 1. The Labute approximate surface area is 61.8 Å². The Kier molecular flexibility index (Phi) is 2.86. The number of thioether (sulfide) groups is 1. The maximum atomic E-state index is 2.45. The van der Waals surface area contributed by atoms with Crippen molar-refractivity contribution in [3.63, 3.8) is 0 Å². The third-order valence-electron chi connectivity index (χ3n) is 1.85. The second-order valence-electron chi connectivity index (χ2n) is 2.70. The summed E-state index contributed by atoms with van der Waals surface area (Å²) in [6, 6.07) is 0.875. The predicted molar refractivity (Wildman–Crippen MR) is 43.8 cm³/mol. The SMILES string of the molecule is CCCC1CSCN1C. The van der Waals surface area contributed by atoms with Crippen LogP contribution in [0.2, 0.25) is 0 Å². The average molecular weight is 145 g/mol. The lowest BCUT2D eigenvalue weighted by Crippen LogP contribution is -2.26. The van der Waals surface area contributed by atoms with Crippen molar-refractivity contribution < 1.29 is 0 Å². The molecule has 2 heteroatoms. The lowest BCUT2D eigenvalue weighted by Gasteiger charge is -2.16. The van der Waals surface area contributed by atoms with Crippen molar-refractivity contribution in [2.45, 2.75) is 25.8 Å². The van der Waals surface area contributed by atoms with E-state index in [1.165, 1.54) is 24.5 Å². The highest BCUT2D eigenvalue weighted by Gasteiger charge is 2.19. The van der Waals surface area contributed by atoms with Crippen LogP contribution in [0.25, 0.3) is 0 Å². The normalized spacial score (nSPS) is 29.3. The van der Waals surface area contributed by atoms with Crippen molar-refractivity contribution in [3.8, 4) is 0 Å². The first kappa shape index (κ1) is 7.42. The van der Waals surface area contributed by atoms with Gasteiger partial charge in [0.05, 0.1) is 0 Å². The van der Waals surface area contributed by atoms with Gasteiger partial charge in [-0.05, 0) is 13.5 Å². The van der Waals surface area contributed by atoms with Gasteiger partial charge in [0.15, 0.2) is 0 Å². The Bertz CT molecular complexity index is 85.0. The van der Waals surface area contributed by atoms with Gasteiger partial charge in [0, 0.05) is 17.7 Å². The first-order valence-electron chi connectivity index (χ1n) is 3.62. The molecule has 1 fully saturated rings. The van der Waals surface area contributed by atoms with Gasteiger partial charge in [-0.1, -0.05) is 13.3 Å². The van der Waals surface area contributed by atoms with Gasteiger partial charge in [0.1, 0.15) is 0 Å². The summed E-state index contributed by atoms with van der Waals surface area (Å²) in [5, 5.41) is 0. The van der Waals surface area contributed by atoms with Gasteiger partial charge in [0.2, 0.25) is 0 Å². The van der Waals surface area contributed by atoms with E-state index < -0.39 is 0 Å². The molecule has 1 aliphatic heterocycles. The molecule has 0 saturated carbocycles. The summed E-state index contributed by atoms with van der Waals surface area (Å²) in [4.78, 5) is 2.45. The average Bonchev–Trinajstić information content (AvgIpc) is 2.18. The first-order valence-corrected chi connectivity index (χ1v) is 4.78. The maximum absolute atomic E-state index is 2.45. The van der Waals surface area contributed by atoms with Crippen molar-refractivity contribution in [2.24, 2.45) is 0 Å². The highest BCUT2D eigenvalue weighted by atomic mass is 32.2. The quantitative estimate of drug-likeness (QED) is 0.583. The van der Waals surface area contributed by atoms with E-state index in [4.69, 9.17) is 0 Å². The van der Waals surface area contributed by atoms with E-state index in [2.05, 4.69) is 30.6 Å². The molecule has 1 heterocycles. The third-order valence-corrected chi connectivity index (χ3v) is 3.06. The molecule has 1 saturated heterocycles. The van der Waals surface area contributed by atoms with Crippen molar-refractivity contribution in [2.75, 3.05) is 18.7 Å². The minimum absolute atomic E-state index is 0.875. The Morgan fingerprint density at radius 2 is 2.44 bits per heavy atom. The van der Waals surface area contributed by atoms with Gasteiger partial charge >= 0.3 is 0 Å². The van der Waals surface area contributed by atoms with E-state index in [1.54, 1.807) is 0 Å². The van der Waals surface area contributed by atoms with E-state index >= 15 is 0 Å². The number of rotatable bonds is 2. The number of hydrogen-bond donors (Lipinski definition) is 0. The van der Waals surface area contributed by atoms with Crippen LogP contribution < -0.4 is 0 Å². The molecule has 0 aliphatic carbocycles. The predicted octanol–water partition coefficient (Wildman–Crippen LogP) is 1.79. The molecular weight excluding hydrogens is 130 g/mol. The molecule has 1 aliphatic rings. The largest absolute Gasteiger partial charge is 0.293 e. The fraction of sp³-hybridized carbons (Fsp3) is 1.00. The van der Waals surface area contributed by atoms with Crippen molar-refractivity contribution >= 4 is 11.8 Å². The summed E-state index contributed by atoms with van der Waals surface area (Å²) < 4.78 is 0. The van der Waals surface area contributed by atoms with Crippen LogP contribution in [0.4, 0.5) is 0 Å². The van der Waals surface area contributed by atoms with Gasteiger partial charge in [-0.15, -0.1) is 11.8 Å². The van der Waals surface area contributed by atoms with Gasteiger partial charge in [-0.25, -0.2) is 0 Å². The van der Waals surface area contributed by atoms with Crippen LogP contribution in [0, 0.1) is 0 Å². The Balaban J connectivity index is 2.22. The summed E-state index contributed by atoms with van der Waals surface area (Å²) >= 11 is 2.06. The molecule has 9 heavy (non-hydrogen) atoms. The molecule has 0 aromatic rings. The Morgan fingerprint density at radius 1 is 1.67 bits per heavy atom. The summed E-state index contributed by atoms with van der Waals surface area (Å²) in [5.41, 5.74) is 0. The maximum Gasteiger partial charge on any atom is 0.0445 e. The number of hydrogen-bond acceptors (Lipinski definition) is 2. The molecule has 1 unspecified atom stereocenters. The Morgan fingerprint density at radius 3 is 2.89 bits per heavy atom. The molecule has 0 spiro atoms. The van der Waals surface area contributed by atoms with E-state index in [0.717, 1.165) is 6.04 Å². The first-order chi connectivity index (χ1) is 4.34. The smallest absolute Gasteiger partial charge is 0.0445 e. The lowest BCUT2D eigenvalue weighted by atomic mass is 10.2. The van der Waals surface area contributed by atoms with E-state index in [-0.39, 0.29) is 0 Å². The third kappa shape index (κ3) is 1.87. The van der Waals surface area contributed by atoms with Gasteiger partial charge in [-0.3, -0.25) is 4.90 Å². The molecule has 0 bridgehead atoms. The minimum Gasteiger partial charge on any atom is -0.293 e. The van der Waals surface area contributed by atoms with Crippen LogP contribution in [0.3, 0.4) is 0 Å². The van der Waals surface area contributed by atoms with Crippen LogP contribution in [0.5, 0.6) is 0 Å². The van der Waals surface area contributed by atoms with E-state index in [9.17, 15) is 0 Å². The highest BCUT2D eigenvalue weighted by molar-refractivity contribution is 7.99. The molecule has 1 nitrogen and oxygen atoms in total. The molecule has 54 valence electrons. The van der Waals surface area contributed by atoms with Crippen molar-refractivity contribution in [1.82, 2.24) is 4.90 Å². The zero-order chi connectivity index (χ0) is 6.69. The zero-order valence-corrected chi connectivity index (χ0v) is 7.08. The lowest BCUT2D eigenvalue weighted by molar-refractivity contribution is 0.307. The van der Waals surface area contributed by atoms with Crippen LogP contribution in [-0.2, 0) is 0 Å². The van der Waals surface area contributed by atoms with E-state index in [0.29, 0.717) is 0 Å². The van der Waals surface area contributed by atoms with Crippen molar-refractivity contribution in [3.05, 3.63) is 0 Å². The highest BCUT2D eigenvalue weighted by Crippen LogP contribution is 2.21. The summed E-state index contributed by atoms with van der Waals surface area (Å²) in [6.45, 7) is 2.26. The minimum atomic E-state index is 0.875. The van der Waals surface area contributed by atoms with Crippen molar-refractivity contribution in [1.29, 1.82) is 0 Å². The van der Waals surface area contributed by atoms with E-state index in [1.807, 2.05) is 0 Å². The summed E-state index contributed by atoms with van der Waals surface area (Å²) in [5.74, 6) is 2.59. The Hall–Kier alpha value is 0.310. The van der Waals surface area contributed by atoms with Crippen LogP contribution in [0.15, 0.2) is 0 Å². The fourth-order valence-electron chi connectivity index (χ4n) is 1.20. The standard InChI is InChI=1S/C7H15NS/c1-3-4-7-5-9-6-8(7)2/h7H,3-6H2,1-2H3. The fourth-order valence-corrected chi connectivity index (χ4v) is 2.50.